The van der Waals surface area contributed by atoms with Crippen LogP contribution in [0, 0.1) is 0 Å². The number of aromatic nitrogens is 1. The third kappa shape index (κ3) is 2.03. The van der Waals surface area contributed by atoms with Crippen LogP contribution in [0.1, 0.15) is 12.5 Å². The molecule has 0 aliphatic carbocycles. The highest BCUT2D eigenvalue weighted by Crippen LogP contribution is 2.16. The number of pyridine rings is 1. The van der Waals surface area contributed by atoms with Gasteiger partial charge in [-0.3, -0.25) is 4.98 Å². The van der Waals surface area contributed by atoms with Crippen molar-refractivity contribution >= 4 is 0 Å². The highest BCUT2D eigenvalue weighted by atomic mass is 16.5. The largest absolute Gasteiger partial charge is 0.382 e. The Kier molecular flexibility index (Phi) is 2.78. The smallest absolute Gasteiger partial charge is 0.0681 e. The maximum atomic E-state index is 6.00. The fraction of sp³-hybridized carbons (Fsp3) is 0.444. The Labute approximate surface area is 72.6 Å². The molecule has 1 unspecified atom stereocenters. The number of nitrogens with two attached hydrogens (primary N) is 1. The predicted molar refractivity (Wildman–Crippen MR) is 47.7 cm³/mol. The Morgan fingerprint density at radius 2 is 2.08 bits per heavy atom. The standard InChI is InChI=1S/C9H14N2O/c1-9(10,7-12-2)8-3-5-11-6-4-8/h3-6H,7,10H2,1-2H3. The van der Waals surface area contributed by atoms with E-state index < -0.39 is 5.54 Å². The van der Waals surface area contributed by atoms with Gasteiger partial charge in [0.1, 0.15) is 0 Å². The van der Waals surface area contributed by atoms with Crippen LogP contribution in [-0.4, -0.2) is 18.7 Å². The molecule has 1 atom stereocenters. The first kappa shape index (κ1) is 9.16. The van der Waals surface area contributed by atoms with Crippen LogP contribution in [0.4, 0.5) is 0 Å². The minimum atomic E-state index is -0.419. The van der Waals surface area contributed by atoms with E-state index in [1.54, 1.807) is 19.5 Å². The topological polar surface area (TPSA) is 48.1 Å². The van der Waals surface area contributed by atoms with E-state index >= 15 is 0 Å². The first-order valence-corrected chi connectivity index (χ1v) is 3.85. The van der Waals surface area contributed by atoms with Crippen LogP contribution < -0.4 is 5.73 Å². The maximum absolute atomic E-state index is 6.00. The Balaban J connectivity index is 2.82. The van der Waals surface area contributed by atoms with Crippen molar-refractivity contribution in [2.24, 2.45) is 5.73 Å². The number of rotatable bonds is 3. The molecule has 0 aromatic carbocycles. The van der Waals surface area contributed by atoms with E-state index in [9.17, 15) is 0 Å². The lowest BCUT2D eigenvalue weighted by atomic mass is 9.95. The van der Waals surface area contributed by atoms with Gasteiger partial charge < -0.3 is 10.5 Å². The van der Waals surface area contributed by atoms with Crippen molar-refractivity contribution in [1.82, 2.24) is 4.98 Å². The van der Waals surface area contributed by atoms with Crippen LogP contribution in [0.3, 0.4) is 0 Å². The van der Waals surface area contributed by atoms with Crippen molar-refractivity contribution in [3.05, 3.63) is 30.1 Å². The average Bonchev–Trinajstić information content (AvgIpc) is 2.06. The summed E-state index contributed by atoms with van der Waals surface area (Å²) >= 11 is 0. The lowest BCUT2D eigenvalue weighted by Crippen LogP contribution is -2.37. The normalized spacial score (nSPS) is 15.6. The highest BCUT2D eigenvalue weighted by Gasteiger charge is 2.20. The Morgan fingerprint density at radius 3 is 2.58 bits per heavy atom. The molecular formula is C9H14N2O. The second kappa shape index (κ2) is 3.65. The summed E-state index contributed by atoms with van der Waals surface area (Å²) in [5, 5.41) is 0. The van der Waals surface area contributed by atoms with Gasteiger partial charge in [0.15, 0.2) is 0 Å². The van der Waals surface area contributed by atoms with Crippen molar-refractivity contribution in [2.45, 2.75) is 12.5 Å². The van der Waals surface area contributed by atoms with Crippen molar-refractivity contribution in [1.29, 1.82) is 0 Å². The molecule has 0 amide bonds. The molecule has 12 heavy (non-hydrogen) atoms. The van der Waals surface area contributed by atoms with Crippen LogP contribution in [0.2, 0.25) is 0 Å². The molecule has 0 fully saturated rings. The molecule has 0 aliphatic rings. The minimum absolute atomic E-state index is 0.419. The first-order chi connectivity index (χ1) is 5.67. The van der Waals surface area contributed by atoms with Gasteiger partial charge >= 0.3 is 0 Å². The molecule has 1 heterocycles. The van der Waals surface area contributed by atoms with E-state index in [2.05, 4.69) is 4.98 Å². The zero-order valence-corrected chi connectivity index (χ0v) is 7.45. The molecule has 0 spiro atoms. The van der Waals surface area contributed by atoms with E-state index in [1.807, 2.05) is 19.1 Å². The molecule has 1 rings (SSSR count). The van der Waals surface area contributed by atoms with Gasteiger partial charge in [0.05, 0.1) is 12.1 Å². The van der Waals surface area contributed by atoms with Crippen LogP contribution in [-0.2, 0) is 10.3 Å². The zero-order chi connectivity index (χ0) is 9.03. The molecule has 2 N–H and O–H groups in total. The van der Waals surface area contributed by atoms with Crippen LogP contribution in [0.5, 0.6) is 0 Å². The van der Waals surface area contributed by atoms with Crippen LogP contribution in [0.25, 0.3) is 0 Å². The third-order valence-electron chi connectivity index (χ3n) is 1.78. The molecule has 3 nitrogen and oxygen atoms in total. The van der Waals surface area contributed by atoms with E-state index in [-0.39, 0.29) is 0 Å². The molecule has 1 aromatic heterocycles. The van der Waals surface area contributed by atoms with Gasteiger partial charge in [-0.1, -0.05) is 0 Å². The molecule has 0 radical (unpaired) electrons. The van der Waals surface area contributed by atoms with Crippen molar-refractivity contribution < 1.29 is 4.74 Å². The van der Waals surface area contributed by atoms with E-state index in [0.717, 1.165) is 5.56 Å². The summed E-state index contributed by atoms with van der Waals surface area (Å²) in [6.45, 7) is 2.45. The molecule has 0 saturated carbocycles. The molecule has 0 saturated heterocycles. The number of nitrogens with zero attached hydrogens (tertiary/aromatic N) is 1. The summed E-state index contributed by atoms with van der Waals surface area (Å²) < 4.78 is 5.02. The van der Waals surface area contributed by atoms with Crippen LogP contribution >= 0.6 is 0 Å². The molecule has 1 aromatic rings. The van der Waals surface area contributed by atoms with Gasteiger partial charge in [0.2, 0.25) is 0 Å². The van der Waals surface area contributed by atoms with Gasteiger partial charge in [0.25, 0.3) is 0 Å². The molecule has 0 aliphatic heterocycles. The van der Waals surface area contributed by atoms with Gasteiger partial charge in [-0.05, 0) is 24.6 Å². The Bertz CT molecular complexity index is 234. The van der Waals surface area contributed by atoms with Crippen molar-refractivity contribution in [3.8, 4) is 0 Å². The van der Waals surface area contributed by atoms with Gasteiger partial charge in [-0.25, -0.2) is 0 Å². The van der Waals surface area contributed by atoms with Gasteiger partial charge in [-0.15, -0.1) is 0 Å². The van der Waals surface area contributed by atoms with E-state index in [1.165, 1.54) is 0 Å². The van der Waals surface area contributed by atoms with Crippen LogP contribution in [0.15, 0.2) is 24.5 Å². The number of methoxy groups -OCH3 is 1. The fourth-order valence-corrected chi connectivity index (χ4v) is 1.12. The Hall–Kier alpha value is -0.930. The summed E-state index contributed by atoms with van der Waals surface area (Å²) in [7, 11) is 1.65. The lowest BCUT2D eigenvalue weighted by molar-refractivity contribution is 0.141. The van der Waals surface area contributed by atoms with Gasteiger partial charge in [0, 0.05) is 19.5 Å². The summed E-state index contributed by atoms with van der Waals surface area (Å²) in [4.78, 5) is 3.92. The summed E-state index contributed by atoms with van der Waals surface area (Å²) in [6.07, 6.45) is 3.46. The van der Waals surface area contributed by atoms with Crippen molar-refractivity contribution in [3.63, 3.8) is 0 Å². The number of hydrogen-bond donors (Lipinski definition) is 1. The minimum Gasteiger partial charge on any atom is -0.382 e. The lowest BCUT2D eigenvalue weighted by Gasteiger charge is -2.23. The SMILES string of the molecule is COCC(C)(N)c1ccncc1. The highest BCUT2D eigenvalue weighted by molar-refractivity contribution is 5.19. The summed E-state index contributed by atoms with van der Waals surface area (Å²) in [5.74, 6) is 0. The molecule has 3 heteroatoms. The monoisotopic (exact) mass is 166 g/mol. The quantitative estimate of drug-likeness (QED) is 0.725. The first-order valence-electron chi connectivity index (χ1n) is 3.85. The predicted octanol–water partition coefficient (Wildman–Crippen LogP) is 0.902. The van der Waals surface area contributed by atoms with E-state index in [0.29, 0.717) is 6.61 Å². The van der Waals surface area contributed by atoms with Crippen molar-refractivity contribution in [2.75, 3.05) is 13.7 Å². The maximum Gasteiger partial charge on any atom is 0.0681 e. The zero-order valence-electron chi connectivity index (χ0n) is 7.45. The molecule has 0 bridgehead atoms. The molecular weight excluding hydrogens is 152 g/mol. The second-order valence-electron chi connectivity index (χ2n) is 3.09. The van der Waals surface area contributed by atoms with Gasteiger partial charge in [-0.2, -0.15) is 0 Å². The fourth-order valence-electron chi connectivity index (χ4n) is 1.12. The average molecular weight is 166 g/mol. The van der Waals surface area contributed by atoms with E-state index in [4.69, 9.17) is 10.5 Å². The molecule has 66 valence electrons. The second-order valence-corrected chi connectivity index (χ2v) is 3.09. The number of ether oxygens (including phenoxy) is 1. The Morgan fingerprint density at radius 1 is 1.50 bits per heavy atom. The number of hydrogen-bond acceptors (Lipinski definition) is 3. The third-order valence-corrected chi connectivity index (χ3v) is 1.78. The summed E-state index contributed by atoms with van der Waals surface area (Å²) in [5.41, 5.74) is 6.62. The summed E-state index contributed by atoms with van der Waals surface area (Å²) in [6, 6.07) is 3.80.